The van der Waals surface area contributed by atoms with E-state index in [1.165, 1.54) is 12.1 Å². The van der Waals surface area contributed by atoms with Gasteiger partial charge in [0.15, 0.2) is 5.96 Å². The molecule has 23 heavy (non-hydrogen) atoms. The van der Waals surface area contributed by atoms with E-state index in [0.717, 1.165) is 6.54 Å². The third kappa shape index (κ3) is 7.67. The Balaban J connectivity index is 2.50. The van der Waals surface area contributed by atoms with Gasteiger partial charge in [0.05, 0.1) is 4.90 Å². The Kier molecular flexibility index (Phi) is 8.36. The maximum atomic E-state index is 12.1. The fourth-order valence-corrected chi connectivity index (χ4v) is 3.03. The molecule has 0 spiro atoms. The van der Waals surface area contributed by atoms with Gasteiger partial charge in [0.2, 0.25) is 10.0 Å². The van der Waals surface area contributed by atoms with Gasteiger partial charge in [-0.25, -0.2) is 13.1 Å². The minimum atomic E-state index is -3.55. The van der Waals surface area contributed by atoms with Crippen LogP contribution in [0.5, 0.6) is 0 Å². The van der Waals surface area contributed by atoms with E-state index in [9.17, 15) is 8.42 Å². The van der Waals surface area contributed by atoms with Crippen LogP contribution in [0.3, 0.4) is 0 Å². The zero-order valence-electron chi connectivity index (χ0n) is 13.8. The molecule has 0 amide bonds. The van der Waals surface area contributed by atoms with Crippen molar-refractivity contribution in [1.82, 2.24) is 15.4 Å². The fraction of sp³-hybridized carbons (Fsp3) is 0.533. The van der Waals surface area contributed by atoms with Crippen LogP contribution in [0.2, 0.25) is 5.02 Å². The van der Waals surface area contributed by atoms with E-state index in [1.807, 2.05) is 6.92 Å². The highest BCUT2D eigenvalue weighted by Gasteiger charge is 2.13. The highest BCUT2D eigenvalue weighted by atomic mass is 35.5. The van der Waals surface area contributed by atoms with Crippen molar-refractivity contribution in [3.63, 3.8) is 0 Å². The number of hydrogen-bond donors (Lipinski definition) is 3. The van der Waals surface area contributed by atoms with E-state index in [0.29, 0.717) is 30.0 Å². The topological polar surface area (TPSA) is 82.6 Å². The second kappa shape index (κ2) is 9.75. The minimum Gasteiger partial charge on any atom is -0.357 e. The quantitative estimate of drug-likeness (QED) is 0.375. The number of aliphatic imine (C=N–C) groups is 1. The number of benzene rings is 1. The van der Waals surface area contributed by atoms with Crippen LogP contribution in [-0.4, -0.2) is 40.6 Å². The highest BCUT2D eigenvalue weighted by molar-refractivity contribution is 7.89. The SMILES string of the molecule is CCNC(=NCC(C)C)NCCNS(=O)(=O)c1cccc(Cl)c1. The van der Waals surface area contributed by atoms with Gasteiger partial charge in [0.1, 0.15) is 0 Å². The summed E-state index contributed by atoms with van der Waals surface area (Å²) in [7, 11) is -3.55. The largest absolute Gasteiger partial charge is 0.357 e. The number of hydrogen-bond acceptors (Lipinski definition) is 3. The smallest absolute Gasteiger partial charge is 0.240 e. The summed E-state index contributed by atoms with van der Waals surface area (Å²) in [5.41, 5.74) is 0. The van der Waals surface area contributed by atoms with Crippen molar-refractivity contribution in [3.8, 4) is 0 Å². The van der Waals surface area contributed by atoms with E-state index in [-0.39, 0.29) is 11.4 Å². The average Bonchev–Trinajstić information content (AvgIpc) is 2.49. The van der Waals surface area contributed by atoms with Crippen LogP contribution in [0.25, 0.3) is 0 Å². The maximum absolute atomic E-state index is 12.1. The van der Waals surface area contributed by atoms with Gasteiger partial charge in [-0.1, -0.05) is 31.5 Å². The van der Waals surface area contributed by atoms with Crippen LogP contribution in [-0.2, 0) is 10.0 Å². The molecular weight excluding hydrogens is 336 g/mol. The van der Waals surface area contributed by atoms with E-state index in [4.69, 9.17) is 11.6 Å². The van der Waals surface area contributed by atoms with Crippen LogP contribution < -0.4 is 15.4 Å². The van der Waals surface area contributed by atoms with E-state index in [1.54, 1.807) is 12.1 Å². The van der Waals surface area contributed by atoms with Crippen molar-refractivity contribution in [2.45, 2.75) is 25.7 Å². The van der Waals surface area contributed by atoms with Crippen molar-refractivity contribution in [2.75, 3.05) is 26.2 Å². The first-order valence-electron chi connectivity index (χ1n) is 7.62. The van der Waals surface area contributed by atoms with Crippen LogP contribution >= 0.6 is 11.6 Å². The van der Waals surface area contributed by atoms with Gasteiger partial charge in [0, 0.05) is 31.2 Å². The lowest BCUT2D eigenvalue weighted by Gasteiger charge is -2.12. The van der Waals surface area contributed by atoms with Gasteiger partial charge < -0.3 is 10.6 Å². The van der Waals surface area contributed by atoms with E-state index < -0.39 is 10.0 Å². The molecule has 1 aromatic rings. The second-order valence-electron chi connectivity index (χ2n) is 5.40. The summed E-state index contributed by atoms with van der Waals surface area (Å²) in [4.78, 5) is 4.57. The fourth-order valence-electron chi connectivity index (χ4n) is 1.70. The van der Waals surface area contributed by atoms with Crippen molar-refractivity contribution in [1.29, 1.82) is 0 Å². The maximum Gasteiger partial charge on any atom is 0.240 e. The molecule has 130 valence electrons. The summed E-state index contributed by atoms with van der Waals surface area (Å²) in [6.07, 6.45) is 0. The van der Waals surface area contributed by atoms with Crippen molar-refractivity contribution >= 4 is 27.6 Å². The van der Waals surface area contributed by atoms with Gasteiger partial charge >= 0.3 is 0 Å². The van der Waals surface area contributed by atoms with Crippen molar-refractivity contribution < 1.29 is 8.42 Å². The normalized spacial score (nSPS) is 12.5. The summed E-state index contributed by atoms with van der Waals surface area (Å²) in [6.45, 7) is 8.30. The molecule has 0 aromatic heterocycles. The Morgan fingerprint density at radius 2 is 2.00 bits per heavy atom. The molecule has 1 rings (SSSR count). The molecule has 3 N–H and O–H groups in total. The van der Waals surface area contributed by atoms with Crippen LogP contribution in [0.15, 0.2) is 34.2 Å². The summed E-state index contributed by atoms with van der Waals surface area (Å²) >= 11 is 5.82. The van der Waals surface area contributed by atoms with Gasteiger partial charge in [0.25, 0.3) is 0 Å². The Bertz CT molecular complexity index is 618. The molecule has 0 saturated heterocycles. The standard InChI is InChI=1S/C15H25ClN4O2S/c1-4-17-15(19-11-12(2)3)18-8-9-20-23(21,22)14-7-5-6-13(16)10-14/h5-7,10,12,20H,4,8-9,11H2,1-3H3,(H2,17,18,19). The molecule has 0 aliphatic carbocycles. The number of rotatable bonds is 8. The first kappa shape index (κ1) is 19.7. The Morgan fingerprint density at radius 3 is 2.61 bits per heavy atom. The zero-order valence-corrected chi connectivity index (χ0v) is 15.3. The number of sulfonamides is 1. The van der Waals surface area contributed by atoms with Gasteiger partial charge in [-0.15, -0.1) is 0 Å². The molecule has 0 saturated carbocycles. The number of nitrogens with zero attached hydrogens (tertiary/aromatic N) is 1. The molecule has 0 unspecified atom stereocenters. The monoisotopic (exact) mass is 360 g/mol. The summed E-state index contributed by atoms with van der Waals surface area (Å²) < 4.78 is 26.8. The molecule has 0 fully saturated rings. The second-order valence-corrected chi connectivity index (χ2v) is 7.60. The van der Waals surface area contributed by atoms with E-state index in [2.05, 4.69) is 34.2 Å². The van der Waals surface area contributed by atoms with Gasteiger partial charge in [-0.3, -0.25) is 4.99 Å². The number of guanidine groups is 1. The Labute approximate surface area is 143 Å². The lowest BCUT2D eigenvalue weighted by Crippen LogP contribution is -2.41. The molecule has 0 aliphatic heterocycles. The summed E-state index contributed by atoms with van der Waals surface area (Å²) in [6, 6.07) is 6.17. The molecule has 6 nitrogen and oxygen atoms in total. The van der Waals surface area contributed by atoms with Crippen LogP contribution in [0, 0.1) is 5.92 Å². The highest BCUT2D eigenvalue weighted by Crippen LogP contribution is 2.14. The van der Waals surface area contributed by atoms with E-state index >= 15 is 0 Å². The first-order chi connectivity index (χ1) is 10.8. The van der Waals surface area contributed by atoms with Gasteiger partial charge in [-0.05, 0) is 31.0 Å². The Morgan fingerprint density at radius 1 is 1.26 bits per heavy atom. The lowest BCUT2D eigenvalue weighted by molar-refractivity contribution is 0.580. The molecule has 8 heteroatoms. The minimum absolute atomic E-state index is 0.158. The Hall–Kier alpha value is -1.31. The van der Waals surface area contributed by atoms with Crippen molar-refractivity contribution in [2.24, 2.45) is 10.9 Å². The summed E-state index contributed by atoms with van der Waals surface area (Å²) in [5, 5.41) is 6.61. The van der Waals surface area contributed by atoms with Crippen molar-refractivity contribution in [3.05, 3.63) is 29.3 Å². The number of halogens is 1. The third-order valence-corrected chi connectivity index (χ3v) is 4.47. The molecule has 0 atom stereocenters. The molecule has 0 heterocycles. The predicted molar refractivity (Wildman–Crippen MR) is 95.5 cm³/mol. The first-order valence-corrected chi connectivity index (χ1v) is 9.48. The van der Waals surface area contributed by atoms with Crippen LogP contribution in [0.4, 0.5) is 0 Å². The third-order valence-electron chi connectivity index (χ3n) is 2.77. The zero-order chi connectivity index (χ0) is 17.3. The molecule has 0 radical (unpaired) electrons. The molecule has 0 aliphatic rings. The molecular formula is C15H25ClN4O2S. The average molecular weight is 361 g/mol. The van der Waals surface area contributed by atoms with Gasteiger partial charge in [-0.2, -0.15) is 0 Å². The molecule has 0 bridgehead atoms. The summed E-state index contributed by atoms with van der Waals surface area (Å²) in [5.74, 6) is 1.15. The molecule has 1 aromatic carbocycles. The number of nitrogens with one attached hydrogen (secondary N) is 3. The van der Waals surface area contributed by atoms with Crippen LogP contribution in [0.1, 0.15) is 20.8 Å². The lowest BCUT2D eigenvalue weighted by atomic mass is 10.2. The predicted octanol–water partition coefficient (Wildman–Crippen LogP) is 1.83.